The molecule has 10 aromatic carbocycles. The Kier molecular flexibility index (Phi) is 24.6. The number of benzene rings is 10. The molecule has 0 aliphatic heterocycles. The normalized spacial score (nSPS) is 10.3. The largest absolute Gasteiger partial charge is 0.491 e. The standard InChI is InChI=1S/C86H66O8/c1-5-65-13-7-15-67(57-65)25-27-69-17-9-19-71(59-69)29-31-73-21-11-23-75(61-73)33-35-77-37-41-81-79(63-77)39-43-83(93-55-53-91-51-49-89-47-45-87-3)85(81)86-82-42-38-78(64-80(82)40-44-84(86)94-56-54-92-52-50-90-48-46-88-4)36-34-76-24-12-22-74(62-76)32-30-72-20-10-18-70(60-72)28-26-68-16-8-14-66(6-2)58-68/h1-2,7-24,37-44,57-64H,45-56H2,3-4H3. The van der Waals surface area contributed by atoms with Gasteiger partial charge in [-0.25, -0.2) is 0 Å². The molecule has 0 bridgehead atoms. The molecule has 0 spiro atoms. The van der Waals surface area contributed by atoms with Gasteiger partial charge in [0.25, 0.3) is 0 Å². The third kappa shape index (κ3) is 19.8. The van der Waals surface area contributed by atoms with Crippen molar-refractivity contribution in [1.82, 2.24) is 0 Å². The van der Waals surface area contributed by atoms with Crippen LogP contribution in [0.3, 0.4) is 0 Å². The van der Waals surface area contributed by atoms with Crippen LogP contribution in [0, 0.1) is 95.7 Å². The first kappa shape index (κ1) is 65.5. The van der Waals surface area contributed by atoms with Crippen LogP contribution in [0.25, 0.3) is 32.7 Å². The predicted octanol–water partition coefficient (Wildman–Crippen LogP) is 14.1. The predicted molar refractivity (Wildman–Crippen MR) is 375 cm³/mol. The van der Waals surface area contributed by atoms with Crippen LogP contribution in [0.15, 0.2) is 206 Å². The monoisotopic (exact) mass is 1230 g/mol. The van der Waals surface area contributed by atoms with Crippen molar-refractivity contribution in [2.45, 2.75) is 0 Å². The van der Waals surface area contributed by atoms with E-state index in [4.69, 9.17) is 50.7 Å². The summed E-state index contributed by atoms with van der Waals surface area (Å²) < 4.78 is 46.8. The Morgan fingerprint density at radius 2 is 0.479 bits per heavy atom. The molecule has 0 heterocycles. The zero-order chi connectivity index (χ0) is 64.8. The average molecular weight is 1230 g/mol. The lowest BCUT2D eigenvalue weighted by Crippen LogP contribution is -2.13. The summed E-state index contributed by atoms with van der Waals surface area (Å²) in [6, 6.07) is 67.6. The lowest BCUT2D eigenvalue weighted by molar-refractivity contribution is 0.0179. The minimum atomic E-state index is 0.287. The van der Waals surface area contributed by atoms with Crippen molar-refractivity contribution in [3.8, 4) is 118 Å². The topological polar surface area (TPSA) is 73.8 Å². The molecule has 0 unspecified atom stereocenters. The number of terminal acetylenes is 2. The van der Waals surface area contributed by atoms with E-state index in [9.17, 15) is 0 Å². The fraction of sp³-hybridized carbons (Fsp3) is 0.163. The van der Waals surface area contributed by atoms with Crippen LogP contribution in [-0.2, 0) is 28.4 Å². The number of methoxy groups -OCH3 is 2. The first-order valence-electron chi connectivity index (χ1n) is 30.7. The summed E-state index contributed by atoms with van der Waals surface area (Å²) in [6.07, 6.45) is 11.2. The van der Waals surface area contributed by atoms with Crippen LogP contribution in [0.1, 0.15) is 77.9 Å². The number of hydrogen-bond donors (Lipinski definition) is 0. The molecule has 94 heavy (non-hydrogen) atoms. The molecule has 0 N–H and O–H groups in total. The third-order valence-corrected chi connectivity index (χ3v) is 14.4. The highest BCUT2D eigenvalue weighted by atomic mass is 16.6. The van der Waals surface area contributed by atoms with E-state index < -0.39 is 0 Å². The number of ether oxygens (including phenoxy) is 8. The fourth-order valence-corrected chi connectivity index (χ4v) is 9.82. The van der Waals surface area contributed by atoms with E-state index in [0.29, 0.717) is 77.6 Å². The third-order valence-electron chi connectivity index (χ3n) is 14.4. The molecule has 10 rings (SSSR count). The molecule has 0 atom stereocenters. The summed E-state index contributed by atoms with van der Waals surface area (Å²) in [6.45, 7) is 5.02. The number of hydrogen-bond acceptors (Lipinski definition) is 8. The lowest BCUT2D eigenvalue weighted by atomic mass is 9.91. The van der Waals surface area contributed by atoms with Crippen LogP contribution in [-0.4, -0.2) is 93.5 Å². The Morgan fingerprint density at radius 3 is 0.745 bits per heavy atom. The van der Waals surface area contributed by atoms with Gasteiger partial charge in [-0.1, -0.05) is 144 Å². The summed E-state index contributed by atoms with van der Waals surface area (Å²) >= 11 is 0. The highest BCUT2D eigenvalue weighted by Gasteiger charge is 2.20. The maximum absolute atomic E-state index is 6.70. The molecule has 10 aromatic rings. The quantitative estimate of drug-likeness (QED) is 0.0520. The SMILES string of the molecule is C#Cc1cccc(C#Cc2cccc(C#Cc3cccc(C#Cc4ccc5c(-c6c(OCCOCCOCCOC)ccc7cc(C#Cc8cccc(C#Cc9cccc(C#Cc%10cccc(C#C)c%10)c9)c8)ccc67)c(OCCOCCOCCOC)ccc5c4)c3)c2)c1. The van der Waals surface area contributed by atoms with E-state index in [1.807, 2.05) is 170 Å². The lowest BCUT2D eigenvalue weighted by Gasteiger charge is -2.20. The van der Waals surface area contributed by atoms with Crippen molar-refractivity contribution in [3.05, 3.63) is 284 Å². The second-order valence-corrected chi connectivity index (χ2v) is 21.2. The van der Waals surface area contributed by atoms with Crippen LogP contribution in [0.4, 0.5) is 0 Å². The van der Waals surface area contributed by atoms with E-state index >= 15 is 0 Å². The minimum absolute atomic E-state index is 0.287. The van der Waals surface area contributed by atoms with Crippen molar-refractivity contribution in [3.63, 3.8) is 0 Å². The molecule has 0 aromatic heterocycles. The molecule has 0 saturated heterocycles. The highest BCUT2D eigenvalue weighted by molar-refractivity contribution is 6.10. The minimum Gasteiger partial charge on any atom is -0.491 e. The Labute approximate surface area is 552 Å². The Hall–Kier alpha value is -11.4. The van der Waals surface area contributed by atoms with Crippen molar-refractivity contribution in [2.75, 3.05) is 93.5 Å². The maximum atomic E-state index is 6.70. The highest BCUT2D eigenvalue weighted by Crippen LogP contribution is 2.46. The van der Waals surface area contributed by atoms with Gasteiger partial charge < -0.3 is 37.9 Å². The molecule has 0 saturated carbocycles. The summed E-state index contributed by atoms with van der Waals surface area (Å²) in [5.74, 6) is 46.5. The van der Waals surface area contributed by atoms with Crippen molar-refractivity contribution in [1.29, 1.82) is 0 Å². The molecule has 8 nitrogen and oxygen atoms in total. The van der Waals surface area contributed by atoms with E-state index in [1.54, 1.807) is 14.2 Å². The fourth-order valence-electron chi connectivity index (χ4n) is 9.82. The van der Waals surface area contributed by atoms with Gasteiger partial charge in [0, 0.05) is 103 Å². The van der Waals surface area contributed by atoms with Gasteiger partial charge in [-0.05, 0) is 167 Å². The van der Waals surface area contributed by atoms with Crippen molar-refractivity contribution >= 4 is 21.5 Å². The molecule has 0 radical (unpaired) electrons. The van der Waals surface area contributed by atoms with Crippen molar-refractivity contribution < 1.29 is 37.9 Å². The summed E-state index contributed by atoms with van der Waals surface area (Å²) in [7, 11) is 3.30. The van der Waals surface area contributed by atoms with Gasteiger partial charge in [-0.2, -0.15) is 0 Å². The zero-order valence-electron chi connectivity index (χ0n) is 52.5. The molecular weight excluding hydrogens is 1160 g/mol. The molecule has 0 aliphatic rings. The van der Waals surface area contributed by atoms with Gasteiger partial charge in [0.2, 0.25) is 0 Å². The van der Waals surface area contributed by atoms with E-state index in [-0.39, 0.29) is 13.2 Å². The van der Waals surface area contributed by atoms with E-state index in [0.717, 1.165) is 111 Å². The van der Waals surface area contributed by atoms with Crippen LogP contribution in [0.2, 0.25) is 0 Å². The van der Waals surface area contributed by atoms with Crippen LogP contribution < -0.4 is 9.47 Å². The summed E-state index contributed by atoms with van der Waals surface area (Å²) in [5, 5.41) is 3.81. The first-order chi connectivity index (χ1) is 46.4. The molecule has 8 heteroatoms. The summed E-state index contributed by atoms with van der Waals surface area (Å²) in [4.78, 5) is 0. The zero-order valence-corrected chi connectivity index (χ0v) is 52.5. The van der Waals surface area contributed by atoms with Crippen LogP contribution in [0.5, 0.6) is 11.5 Å². The van der Waals surface area contributed by atoms with Gasteiger partial charge in [0.15, 0.2) is 0 Å². The van der Waals surface area contributed by atoms with Gasteiger partial charge >= 0.3 is 0 Å². The molecule has 0 amide bonds. The Balaban J connectivity index is 0.936. The van der Waals surface area contributed by atoms with E-state index in [2.05, 4.69) is 119 Å². The molecule has 458 valence electrons. The number of fused-ring (bicyclic) bond motifs is 2. The van der Waals surface area contributed by atoms with Gasteiger partial charge in [-0.3, -0.25) is 0 Å². The van der Waals surface area contributed by atoms with Gasteiger partial charge in [0.1, 0.15) is 24.7 Å². The van der Waals surface area contributed by atoms with Crippen molar-refractivity contribution in [2.24, 2.45) is 0 Å². The van der Waals surface area contributed by atoms with Crippen LogP contribution >= 0.6 is 0 Å². The smallest absolute Gasteiger partial charge is 0.128 e. The number of rotatable bonds is 21. The Morgan fingerprint density at radius 1 is 0.245 bits per heavy atom. The molecular formula is C86H66O8. The second-order valence-electron chi connectivity index (χ2n) is 21.2. The molecule has 0 aliphatic carbocycles. The van der Waals surface area contributed by atoms with Gasteiger partial charge in [-0.15, -0.1) is 12.8 Å². The average Bonchev–Trinajstić information content (AvgIpc) is 0.757. The second kappa shape index (κ2) is 35.2. The summed E-state index contributed by atoms with van der Waals surface area (Å²) in [5.41, 5.74) is 13.5. The van der Waals surface area contributed by atoms with E-state index in [1.165, 1.54) is 0 Å². The Bertz CT molecular complexity index is 4510. The maximum Gasteiger partial charge on any atom is 0.128 e. The first-order valence-corrected chi connectivity index (χ1v) is 30.7. The van der Waals surface area contributed by atoms with Gasteiger partial charge in [0.05, 0.1) is 66.1 Å². The molecule has 0 fully saturated rings.